The minimum atomic E-state index is 0.434. The molecule has 1 aliphatic rings. The van der Waals surface area contributed by atoms with Gasteiger partial charge in [0.05, 0.1) is 0 Å². The minimum absolute atomic E-state index is 0.434. The van der Waals surface area contributed by atoms with Gasteiger partial charge in [0, 0.05) is 25.2 Å². The largest absolute Gasteiger partial charge is 0.469 e. The number of nitrogens with zero attached hydrogens (tertiary/aromatic N) is 4. The van der Waals surface area contributed by atoms with Crippen molar-refractivity contribution in [3.63, 3.8) is 0 Å². The summed E-state index contributed by atoms with van der Waals surface area (Å²) in [4.78, 5) is 4.23. The molecule has 100 valence electrons. The van der Waals surface area contributed by atoms with Crippen LogP contribution in [0.25, 0.3) is 0 Å². The first-order valence-corrected chi connectivity index (χ1v) is 6.79. The molecular weight excluding hydrogens is 240 g/mol. The molecule has 0 spiro atoms. The van der Waals surface area contributed by atoms with Gasteiger partial charge >= 0.3 is 0 Å². The second kappa shape index (κ2) is 5.38. The van der Waals surface area contributed by atoms with E-state index in [9.17, 15) is 0 Å². The molecule has 5 heteroatoms. The first-order valence-electron chi connectivity index (χ1n) is 6.79. The van der Waals surface area contributed by atoms with E-state index in [1.165, 1.54) is 19.3 Å². The summed E-state index contributed by atoms with van der Waals surface area (Å²) in [6.07, 6.45) is 6.50. The molecule has 0 amide bonds. The van der Waals surface area contributed by atoms with E-state index in [0.29, 0.717) is 12.5 Å². The van der Waals surface area contributed by atoms with E-state index in [2.05, 4.69) is 19.7 Å². The van der Waals surface area contributed by atoms with E-state index in [-0.39, 0.29) is 0 Å². The van der Waals surface area contributed by atoms with Gasteiger partial charge in [-0.05, 0) is 25.3 Å². The molecule has 0 saturated carbocycles. The molecule has 0 saturated heterocycles. The fraction of sp³-hybridized carbons (Fsp3) is 0.500. The Hall–Kier alpha value is -1.91. The van der Waals surface area contributed by atoms with Gasteiger partial charge in [0.25, 0.3) is 0 Å². The van der Waals surface area contributed by atoms with Crippen LogP contribution >= 0.6 is 0 Å². The fourth-order valence-corrected chi connectivity index (χ4v) is 2.33. The molecule has 1 aliphatic heterocycles. The van der Waals surface area contributed by atoms with Crippen LogP contribution in [0.5, 0.6) is 5.88 Å². The van der Waals surface area contributed by atoms with Crippen LogP contribution in [0.4, 0.5) is 0 Å². The number of pyridine rings is 1. The number of fused-ring (bicyclic) bond motifs is 1. The number of aryl methyl sites for hydroxylation is 2. The Bertz CT molecular complexity index is 547. The summed E-state index contributed by atoms with van der Waals surface area (Å²) in [6, 6.07) is 3.88. The Morgan fingerprint density at radius 1 is 1.21 bits per heavy atom. The van der Waals surface area contributed by atoms with Crippen molar-refractivity contribution in [2.75, 3.05) is 0 Å². The fourth-order valence-electron chi connectivity index (χ4n) is 2.33. The third-order valence-corrected chi connectivity index (χ3v) is 3.42. The Balaban J connectivity index is 1.70. The maximum absolute atomic E-state index is 5.68. The van der Waals surface area contributed by atoms with Crippen LogP contribution in [-0.4, -0.2) is 19.7 Å². The van der Waals surface area contributed by atoms with Crippen LogP contribution in [0.1, 0.15) is 36.5 Å². The molecule has 3 rings (SSSR count). The Labute approximate surface area is 112 Å². The van der Waals surface area contributed by atoms with Crippen LogP contribution in [0.15, 0.2) is 18.3 Å². The maximum Gasteiger partial charge on any atom is 0.213 e. The van der Waals surface area contributed by atoms with Crippen LogP contribution in [0, 0.1) is 6.92 Å². The molecule has 0 atom stereocenters. The Morgan fingerprint density at radius 2 is 2.16 bits per heavy atom. The van der Waals surface area contributed by atoms with Gasteiger partial charge in [-0.15, -0.1) is 10.2 Å². The van der Waals surface area contributed by atoms with Gasteiger partial charge in [-0.3, -0.25) is 0 Å². The summed E-state index contributed by atoms with van der Waals surface area (Å²) < 4.78 is 7.87. The molecule has 0 N–H and O–H groups in total. The maximum atomic E-state index is 5.68. The minimum Gasteiger partial charge on any atom is -0.469 e. The third kappa shape index (κ3) is 2.75. The average Bonchev–Trinajstić information content (AvgIpc) is 2.66. The molecule has 0 unspecified atom stereocenters. The molecule has 3 heterocycles. The summed E-state index contributed by atoms with van der Waals surface area (Å²) in [5, 5.41) is 8.49. The van der Waals surface area contributed by atoms with Crippen LogP contribution in [-0.2, 0) is 19.6 Å². The molecule has 0 aromatic carbocycles. The zero-order chi connectivity index (χ0) is 13.1. The summed E-state index contributed by atoms with van der Waals surface area (Å²) >= 11 is 0. The molecule has 0 radical (unpaired) electrons. The topological polar surface area (TPSA) is 52.8 Å². The highest BCUT2D eigenvalue weighted by Crippen LogP contribution is 2.15. The van der Waals surface area contributed by atoms with Crippen LogP contribution < -0.4 is 4.74 Å². The zero-order valence-corrected chi connectivity index (χ0v) is 11.2. The van der Waals surface area contributed by atoms with E-state index in [4.69, 9.17) is 4.74 Å². The van der Waals surface area contributed by atoms with Gasteiger partial charge in [0.15, 0.2) is 5.82 Å². The van der Waals surface area contributed by atoms with E-state index >= 15 is 0 Å². The molecule has 0 bridgehead atoms. The number of hydrogen-bond acceptors (Lipinski definition) is 4. The lowest BCUT2D eigenvalue weighted by Crippen LogP contribution is -2.09. The van der Waals surface area contributed by atoms with Crippen molar-refractivity contribution >= 4 is 0 Å². The smallest absolute Gasteiger partial charge is 0.213 e. The van der Waals surface area contributed by atoms with E-state index in [0.717, 1.165) is 30.2 Å². The quantitative estimate of drug-likeness (QED) is 0.847. The summed E-state index contributed by atoms with van der Waals surface area (Å²) in [6.45, 7) is 3.45. The van der Waals surface area contributed by atoms with Gasteiger partial charge in [0.1, 0.15) is 12.4 Å². The summed E-state index contributed by atoms with van der Waals surface area (Å²) in [5.41, 5.74) is 1.13. The second-order valence-electron chi connectivity index (χ2n) is 4.96. The van der Waals surface area contributed by atoms with E-state index < -0.39 is 0 Å². The number of ether oxygens (including phenoxy) is 1. The van der Waals surface area contributed by atoms with Crippen molar-refractivity contribution in [3.05, 3.63) is 35.5 Å². The predicted octanol–water partition coefficient (Wildman–Crippen LogP) is 2.29. The van der Waals surface area contributed by atoms with Crippen LogP contribution in [0.3, 0.4) is 0 Å². The lowest BCUT2D eigenvalue weighted by atomic mass is 10.2. The SMILES string of the molecule is Cc1ccc(OCc2nnc3n2CCCCC3)nc1. The molecular formula is C14H18N4O. The zero-order valence-electron chi connectivity index (χ0n) is 11.2. The van der Waals surface area contributed by atoms with Crippen molar-refractivity contribution in [1.29, 1.82) is 0 Å². The molecule has 0 fully saturated rings. The number of rotatable bonds is 3. The number of hydrogen-bond donors (Lipinski definition) is 0. The first kappa shape index (κ1) is 12.1. The van der Waals surface area contributed by atoms with Gasteiger partial charge in [-0.1, -0.05) is 12.5 Å². The normalized spacial score (nSPS) is 14.8. The second-order valence-corrected chi connectivity index (χ2v) is 4.96. The Morgan fingerprint density at radius 3 is 3.00 bits per heavy atom. The average molecular weight is 258 g/mol. The monoisotopic (exact) mass is 258 g/mol. The highest BCUT2D eigenvalue weighted by molar-refractivity contribution is 5.16. The van der Waals surface area contributed by atoms with Gasteiger partial charge in [-0.25, -0.2) is 4.98 Å². The van der Waals surface area contributed by atoms with Gasteiger partial charge in [0.2, 0.25) is 5.88 Å². The van der Waals surface area contributed by atoms with Crippen molar-refractivity contribution in [1.82, 2.24) is 19.7 Å². The lowest BCUT2D eigenvalue weighted by Gasteiger charge is -2.08. The standard InChI is InChI=1S/C14H18N4O/c1-11-6-7-14(15-9-11)19-10-13-17-16-12-5-3-2-4-8-18(12)13/h6-7,9H,2-5,8,10H2,1H3. The van der Waals surface area contributed by atoms with Crippen LogP contribution in [0.2, 0.25) is 0 Å². The lowest BCUT2D eigenvalue weighted by molar-refractivity contribution is 0.277. The van der Waals surface area contributed by atoms with Crippen molar-refractivity contribution in [2.24, 2.45) is 0 Å². The van der Waals surface area contributed by atoms with E-state index in [1.54, 1.807) is 6.20 Å². The number of aromatic nitrogens is 4. The molecule has 19 heavy (non-hydrogen) atoms. The summed E-state index contributed by atoms with van der Waals surface area (Å²) in [7, 11) is 0. The molecule has 2 aromatic rings. The Kier molecular flexibility index (Phi) is 3.44. The van der Waals surface area contributed by atoms with Crippen molar-refractivity contribution in [2.45, 2.75) is 45.8 Å². The third-order valence-electron chi connectivity index (χ3n) is 3.42. The van der Waals surface area contributed by atoms with Gasteiger partial charge in [-0.2, -0.15) is 0 Å². The first-order chi connectivity index (χ1) is 9.33. The molecule has 5 nitrogen and oxygen atoms in total. The summed E-state index contributed by atoms with van der Waals surface area (Å²) in [5.74, 6) is 2.63. The van der Waals surface area contributed by atoms with Crippen molar-refractivity contribution < 1.29 is 4.74 Å². The van der Waals surface area contributed by atoms with Gasteiger partial charge < -0.3 is 9.30 Å². The highest BCUT2D eigenvalue weighted by Gasteiger charge is 2.14. The molecule has 0 aliphatic carbocycles. The highest BCUT2D eigenvalue weighted by atomic mass is 16.5. The van der Waals surface area contributed by atoms with Crippen molar-refractivity contribution in [3.8, 4) is 5.88 Å². The predicted molar refractivity (Wildman–Crippen MR) is 70.9 cm³/mol. The molecule has 2 aromatic heterocycles. The van der Waals surface area contributed by atoms with E-state index in [1.807, 2.05) is 19.1 Å².